The van der Waals surface area contributed by atoms with Crippen molar-refractivity contribution in [3.8, 4) is 0 Å². The number of carbonyl (C=O) groups is 1. The van der Waals surface area contributed by atoms with Gasteiger partial charge in [0.25, 0.3) is 0 Å². The molecule has 0 amide bonds. The fourth-order valence-corrected chi connectivity index (χ4v) is 0.829. The Morgan fingerprint density at radius 3 is 2.64 bits per heavy atom. The smallest absolute Gasteiger partial charge is 0.308 e. The zero-order valence-corrected chi connectivity index (χ0v) is 9.25. The van der Waals surface area contributed by atoms with Crippen molar-refractivity contribution in [2.45, 2.75) is 32.8 Å². The fraction of sp³-hybridized carbons (Fsp3) is 0.900. The summed E-state index contributed by atoms with van der Waals surface area (Å²) in [7, 11) is 1.64. The number of rotatable bonds is 8. The molecule has 0 bridgehead atoms. The van der Waals surface area contributed by atoms with Crippen molar-refractivity contribution in [2.75, 3.05) is 26.9 Å². The third-order valence-electron chi connectivity index (χ3n) is 1.84. The Balaban J connectivity index is 3.26. The van der Waals surface area contributed by atoms with Gasteiger partial charge in [-0.15, -0.1) is 0 Å². The number of carbonyl (C=O) groups excluding carboxylic acids is 1. The molecule has 0 fully saturated rings. The second-order valence-corrected chi connectivity index (χ2v) is 3.00. The van der Waals surface area contributed by atoms with Crippen LogP contribution >= 0.6 is 0 Å². The molecular weight excluding hydrogens is 184 g/mol. The largest absolute Gasteiger partial charge is 0.466 e. The van der Waals surface area contributed by atoms with E-state index in [9.17, 15) is 4.79 Å². The Labute approximate surface area is 85.5 Å². The van der Waals surface area contributed by atoms with Gasteiger partial charge in [-0.25, -0.2) is 0 Å². The van der Waals surface area contributed by atoms with Crippen LogP contribution in [0.3, 0.4) is 0 Å². The van der Waals surface area contributed by atoms with E-state index in [0.29, 0.717) is 26.2 Å². The highest BCUT2D eigenvalue weighted by Crippen LogP contribution is 1.97. The van der Waals surface area contributed by atoms with Gasteiger partial charge in [-0.05, 0) is 13.8 Å². The van der Waals surface area contributed by atoms with Gasteiger partial charge in [-0.3, -0.25) is 4.79 Å². The number of esters is 1. The minimum atomic E-state index is -0.207. The molecule has 4 nitrogen and oxygen atoms in total. The first-order valence-corrected chi connectivity index (χ1v) is 4.96. The quantitative estimate of drug-likeness (QED) is 0.442. The summed E-state index contributed by atoms with van der Waals surface area (Å²) in [5.41, 5.74) is 0. The third kappa shape index (κ3) is 8.01. The van der Waals surface area contributed by atoms with Gasteiger partial charge in [-0.2, -0.15) is 0 Å². The minimum Gasteiger partial charge on any atom is -0.466 e. The normalized spacial score (nSPS) is 12.5. The summed E-state index contributed by atoms with van der Waals surface area (Å²) in [5.74, 6) is -0.207. The van der Waals surface area contributed by atoms with Gasteiger partial charge < -0.3 is 14.2 Å². The van der Waals surface area contributed by atoms with E-state index in [2.05, 4.69) is 0 Å². The summed E-state index contributed by atoms with van der Waals surface area (Å²) in [5, 5.41) is 0. The highest BCUT2D eigenvalue weighted by Gasteiger charge is 2.04. The van der Waals surface area contributed by atoms with E-state index in [1.807, 2.05) is 13.8 Å². The first-order chi connectivity index (χ1) is 6.70. The molecule has 0 aliphatic carbocycles. The molecule has 84 valence electrons. The summed E-state index contributed by atoms with van der Waals surface area (Å²) < 4.78 is 15.0. The second-order valence-electron chi connectivity index (χ2n) is 3.00. The van der Waals surface area contributed by atoms with Gasteiger partial charge in [0.15, 0.2) is 0 Å². The Bertz CT molecular complexity index is 147. The standard InChI is InChI=1S/C10H20O4/c1-4-13-7-6-10(11)14-8-5-9(2)12-3/h9H,4-8H2,1-3H3/t9-/m0/s1. The molecule has 4 heteroatoms. The highest BCUT2D eigenvalue weighted by atomic mass is 16.5. The molecule has 0 aromatic carbocycles. The zero-order chi connectivity index (χ0) is 10.8. The lowest BCUT2D eigenvalue weighted by molar-refractivity contribution is -0.145. The van der Waals surface area contributed by atoms with Crippen molar-refractivity contribution in [1.82, 2.24) is 0 Å². The SMILES string of the molecule is CCOCCC(=O)OCC[C@H](C)OC. The van der Waals surface area contributed by atoms with Crippen LogP contribution in [0.5, 0.6) is 0 Å². The lowest BCUT2D eigenvalue weighted by Crippen LogP contribution is -2.13. The molecule has 1 atom stereocenters. The van der Waals surface area contributed by atoms with E-state index in [1.165, 1.54) is 0 Å². The van der Waals surface area contributed by atoms with Gasteiger partial charge in [-0.1, -0.05) is 0 Å². The molecule has 0 saturated carbocycles. The molecule has 0 radical (unpaired) electrons. The summed E-state index contributed by atoms with van der Waals surface area (Å²) in [6.07, 6.45) is 1.20. The number of hydrogen-bond acceptors (Lipinski definition) is 4. The summed E-state index contributed by atoms with van der Waals surface area (Å²) in [4.78, 5) is 11.0. The van der Waals surface area contributed by atoms with Gasteiger partial charge >= 0.3 is 5.97 Å². The summed E-state index contributed by atoms with van der Waals surface area (Å²) >= 11 is 0. The third-order valence-corrected chi connectivity index (χ3v) is 1.84. The molecule has 0 unspecified atom stereocenters. The van der Waals surface area contributed by atoms with E-state index in [0.717, 1.165) is 6.42 Å². The summed E-state index contributed by atoms with van der Waals surface area (Å²) in [6.45, 7) is 5.32. The molecule has 0 aliphatic heterocycles. The van der Waals surface area contributed by atoms with E-state index in [-0.39, 0.29) is 12.1 Å². The molecule has 0 heterocycles. The molecule has 0 saturated heterocycles. The molecule has 0 aromatic heterocycles. The average Bonchev–Trinajstić information content (AvgIpc) is 2.18. The number of ether oxygens (including phenoxy) is 3. The fourth-order valence-electron chi connectivity index (χ4n) is 0.829. The van der Waals surface area contributed by atoms with Crippen LogP contribution in [0.15, 0.2) is 0 Å². The molecule has 14 heavy (non-hydrogen) atoms. The van der Waals surface area contributed by atoms with Crippen LogP contribution in [0.25, 0.3) is 0 Å². The topological polar surface area (TPSA) is 44.8 Å². The maximum absolute atomic E-state index is 11.0. The Hall–Kier alpha value is -0.610. The molecule has 0 aromatic rings. The van der Waals surface area contributed by atoms with Crippen molar-refractivity contribution < 1.29 is 19.0 Å². The molecule has 0 spiro atoms. The molecule has 0 N–H and O–H groups in total. The average molecular weight is 204 g/mol. The van der Waals surface area contributed by atoms with Crippen molar-refractivity contribution >= 4 is 5.97 Å². The maximum atomic E-state index is 11.0. The minimum absolute atomic E-state index is 0.134. The van der Waals surface area contributed by atoms with Crippen LogP contribution in [0.2, 0.25) is 0 Å². The molecular formula is C10H20O4. The Kier molecular flexibility index (Phi) is 8.57. The van der Waals surface area contributed by atoms with Crippen LogP contribution in [-0.4, -0.2) is 39.0 Å². The molecule has 0 aliphatic rings. The zero-order valence-electron chi connectivity index (χ0n) is 9.25. The lowest BCUT2D eigenvalue weighted by atomic mass is 10.3. The van der Waals surface area contributed by atoms with Gasteiger partial charge in [0.05, 0.1) is 25.7 Å². The van der Waals surface area contributed by atoms with E-state index < -0.39 is 0 Å². The van der Waals surface area contributed by atoms with E-state index >= 15 is 0 Å². The predicted octanol–water partition coefficient (Wildman–Crippen LogP) is 1.38. The number of methoxy groups -OCH3 is 1. The first kappa shape index (κ1) is 13.4. The van der Waals surface area contributed by atoms with Crippen LogP contribution < -0.4 is 0 Å². The Morgan fingerprint density at radius 1 is 1.36 bits per heavy atom. The maximum Gasteiger partial charge on any atom is 0.308 e. The van der Waals surface area contributed by atoms with E-state index in [1.54, 1.807) is 7.11 Å². The monoisotopic (exact) mass is 204 g/mol. The van der Waals surface area contributed by atoms with Gasteiger partial charge in [0.1, 0.15) is 0 Å². The van der Waals surface area contributed by atoms with Crippen molar-refractivity contribution in [3.63, 3.8) is 0 Å². The van der Waals surface area contributed by atoms with Crippen LogP contribution in [0.4, 0.5) is 0 Å². The van der Waals surface area contributed by atoms with Crippen LogP contribution in [-0.2, 0) is 19.0 Å². The van der Waals surface area contributed by atoms with Crippen molar-refractivity contribution in [3.05, 3.63) is 0 Å². The van der Waals surface area contributed by atoms with Gasteiger partial charge in [0.2, 0.25) is 0 Å². The van der Waals surface area contributed by atoms with Crippen molar-refractivity contribution in [1.29, 1.82) is 0 Å². The van der Waals surface area contributed by atoms with Crippen molar-refractivity contribution in [2.24, 2.45) is 0 Å². The van der Waals surface area contributed by atoms with Gasteiger partial charge in [0, 0.05) is 20.1 Å². The van der Waals surface area contributed by atoms with E-state index in [4.69, 9.17) is 14.2 Å². The first-order valence-electron chi connectivity index (χ1n) is 4.96. The second kappa shape index (κ2) is 8.97. The molecule has 0 rings (SSSR count). The summed E-state index contributed by atoms with van der Waals surface area (Å²) in [6, 6.07) is 0. The lowest BCUT2D eigenvalue weighted by Gasteiger charge is -2.09. The Morgan fingerprint density at radius 2 is 2.07 bits per heavy atom. The van der Waals surface area contributed by atoms with Crippen LogP contribution in [0, 0.1) is 0 Å². The van der Waals surface area contributed by atoms with Crippen LogP contribution in [0.1, 0.15) is 26.7 Å². The highest BCUT2D eigenvalue weighted by molar-refractivity contribution is 5.69. The predicted molar refractivity (Wildman–Crippen MR) is 53.2 cm³/mol. The number of hydrogen-bond donors (Lipinski definition) is 0.